The second-order valence-corrected chi connectivity index (χ2v) is 4.53. The number of ether oxygens (including phenoxy) is 1. The zero-order valence-electron chi connectivity index (χ0n) is 9.71. The van der Waals surface area contributed by atoms with Crippen LogP contribution < -0.4 is 5.73 Å². The summed E-state index contributed by atoms with van der Waals surface area (Å²) in [6, 6.07) is 6.63. The highest BCUT2D eigenvalue weighted by Gasteiger charge is 2.23. The van der Waals surface area contributed by atoms with Gasteiger partial charge in [-0.1, -0.05) is 12.1 Å². The quantitative estimate of drug-likeness (QED) is 0.873. The lowest BCUT2D eigenvalue weighted by Crippen LogP contribution is -2.26. The maximum Gasteiger partial charge on any atom is 0.340 e. The molecule has 2 rings (SSSR count). The van der Waals surface area contributed by atoms with Crippen LogP contribution in [0, 0.1) is 5.82 Å². The van der Waals surface area contributed by atoms with Crippen LogP contribution in [0.3, 0.4) is 0 Å². The summed E-state index contributed by atoms with van der Waals surface area (Å²) in [6.45, 7) is 0. The van der Waals surface area contributed by atoms with Crippen LogP contribution in [0.25, 0.3) is 0 Å². The van der Waals surface area contributed by atoms with Gasteiger partial charge in [-0.2, -0.15) is 11.3 Å². The van der Waals surface area contributed by atoms with Crippen molar-refractivity contribution < 1.29 is 18.7 Å². The second-order valence-electron chi connectivity index (χ2n) is 3.75. The number of carbonyl (C=O) groups is 2. The van der Waals surface area contributed by atoms with E-state index < -0.39 is 23.8 Å². The fourth-order valence-corrected chi connectivity index (χ4v) is 2.11. The summed E-state index contributed by atoms with van der Waals surface area (Å²) in [4.78, 5) is 23.1. The first-order valence-corrected chi connectivity index (χ1v) is 6.30. The predicted molar refractivity (Wildman–Crippen MR) is 68.1 cm³/mol. The number of carbonyl (C=O) groups excluding carboxylic acids is 2. The molecule has 2 aromatic rings. The smallest absolute Gasteiger partial charge is 0.340 e. The van der Waals surface area contributed by atoms with Crippen LogP contribution in [0.1, 0.15) is 22.0 Å². The van der Waals surface area contributed by atoms with Crippen molar-refractivity contribution in [2.45, 2.75) is 6.10 Å². The first-order chi connectivity index (χ1) is 9.08. The number of thiophene rings is 1. The van der Waals surface area contributed by atoms with Crippen LogP contribution in [0.2, 0.25) is 0 Å². The Morgan fingerprint density at radius 1 is 1.21 bits per heavy atom. The third-order valence-electron chi connectivity index (χ3n) is 2.41. The van der Waals surface area contributed by atoms with Gasteiger partial charge in [0.1, 0.15) is 5.82 Å². The summed E-state index contributed by atoms with van der Waals surface area (Å²) >= 11 is 1.33. The van der Waals surface area contributed by atoms with Gasteiger partial charge < -0.3 is 10.5 Å². The van der Waals surface area contributed by atoms with Crippen molar-refractivity contribution in [3.8, 4) is 0 Å². The van der Waals surface area contributed by atoms with Crippen LogP contribution in [-0.2, 0) is 9.53 Å². The summed E-state index contributed by atoms with van der Waals surface area (Å²) in [5, 5.41) is 3.32. The molecule has 19 heavy (non-hydrogen) atoms. The molecule has 6 heteroatoms. The first kappa shape index (κ1) is 13.2. The molecule has 1 amide bonds. The highest BCUT2D eigenvalue weighted by atomic mass is 32.1. The van der Waals surface area contributed by atoms with E-state index in [1.54, 1.807) is 16.8 Å². The number of primary amides is 1. The van der Waals surface area contributed by atoms with E-state index in [1.165, 1.54) is 35.6 Å². The summed E-state index contributed by atoms with van der Waals surface area (Å²) in [5.41, 5.74) is 5.88. The summed E-state index contributed by atoms with van der Waals surface area (Å²) in [7, 11) is 0. The average Bonchev–Trinajstić information content (AvgIpc) is 2.90. The van der Waals surface area contributed by atoms with Crippen molar-refractivity contribution in [1.82, 2.24) is 0 Å². The van der Waals surface area contributed by atoms with Gasteiger partial charge in [-0.3, -0.25) is 4.79 Å². The van der Waals surface area contributed by atoms with E-state index in [0.29, 0.717) is 11.1 Å². The molecule has 1 atom stereocenters. The average molecular weight is 279 g/mol. The number of esters is 1. The Kier molecular flexibility index (Phi) is 3.91. The van der Waals surface area contributed by atoms with E-state index in [9.17, 15) is 14.0 Å². The molecule has 1 heterocycles. The maximum absolute atomic E-state index is 12.8. The van der Waals surface area contributed by atoms with Crippen LogP contribution >= 0.6 is 11.3 Å². The molecule has 98 valence electrons. The lowest BCUT2D eigenvalue weighted by atomic mass is 10.1. The Labute approximate surface area is 112 Å². The third kappa shape index (κ3) is 3.17. The highest BCUT2D eigenvalue weighted by Crippen LogP contribution is 2.20. The highest BCUT2D eigenvalue weighted by molar-refractivity contribution is 7.08. The van der Waals surface area contributed by atoms with Crippen molar-refractivity contribution in [2.75, 3.05) is 0 Å². The Hall–Kier alpha value is -2.21. The minimum Gasteiger partial charge on any atom is -0.444 e. The summed E-state index contributed by atoms with van der Waals surface area (Å²) < 4.78 is 17.9. The molecule has 0 aliphatic rings. The lowest BCUT2D eigenvalue weighted by molar-refractivity contribution is -0.127. The van der Waals surface area contributed by atoms with Gasteiger partial charge in [0.25, 0.3) is 5.91 Å². The molecule has 0 aliphatic heterocycles. The molecule has 0 saturated heterocycles. The molecule has 0 aliphatic carbocycles. The van der Waals surface area contributed by atoms with Crippen LogP contribution in [0.15, 0.2) is 41.1 Å². The standard InChI is InChI=1S/C13H10FNO3S/c14-10-3-1-8(2-4-10)11(12(15)16)18-13(17)9-5-6-19-7-9/h1-7,11H,(H2,15,16)/t11-/m0/s1. The Bertz CT molecular complexity index is 580. The van der Waals surface area contributed by atoms with E-state index >= 15 is 0 Å². The van der Waals surface area contributed by atoms with E-state index in [0.717, 1.165) is 0 Å². The SMILES string of the molecule is NC(=O)[C@@H](OC(=O)c1ccsc1)c1ccc(F)cc1. The van der Waals surface area contributed by atoms with Gasteiger partial charge >= 0.3 is 5.97 Å². The van der Waals surface area contributed by atoms with Crippen LogP contribution in [0.5, 0.6) is 0 Å². The second kappa shape index (κ2) is 5.62. The molecule has 0 saturated carbocycles. The summed E-state index contributed by atoms with van der Waals surface area (Å²) in [5.74, 6) is -1.90. The van der Waals surface area contributed by atoms with Crippen molar-refractivity contribution in [2.24, 2.45) is 5.73 Å². The monoisotopic (exact) mass is 279 g/mol. The third-order valence-corrected chi connectivity index (χ3v) is 3.10. The molecule has 0 radical (unpaired) electrons. The number of hydrogen-bond acceptors (Lipinski definition) is 4. The number of rotatable bonds is 4. The van der Waals surface area contributed by atoms with E-state index in [1.807, 2.05) is 0 Å². The predicted octanol–water partition coefficient (Wildman–Crippen LogP) is 2.27. The molecule has 2 N–H and O–H groups in total. The van der Waals surface area contributed by atoms with E-state index in [4.69, 9.17) is 10.5 Å². The van der Waals surface area contributed by atoms with E-state index in [2.05, 4.69) is 0 Å². The molecule has 0 spiro atoms. The van der Waals surface area contributed by atoms with Gasteiger partial charge in [-0.25, -0.2) is 9.18 Å². The van der Waals surface area contributed by atoms with Gasteiger partial charge in [0.15, 0.2) is 0 Å². The maximum atomic E-state index is 12.8. The molecule has 0 unspecified atom stereocenters. The van der Waals surface area contributed by atoms with Crippen LogP contribution in [0.4, 0.5) is 4.39 Å². The number of halogens is 1. The van der Waals surface area contributed by atoms with Crippen LogP contribution in [-0.4, -0.2) is 11.9 Å². The molecule has 1 aromatic heterocycles. The number of hydrogen-bond donors (Lipinski definition) is 1. The fourth-order valence-electron chi connectivity index (χ4n) is 1.48. The zero-order valence-corrected chi connectivity index (χ0v) is 10.5. The van der Waals surface area contributed by atoms with Crippen molar-refractivity contribution in [3.05, 3.63) is 58.0 Å². The Morgan fingerprint density at radius 2 is 1.89 bits per heavy atom. The minimum atomic E-state index is -1.23. The van der Waals surface area contributed by atoms with Crippen molar-refractivity contribution >= 4 is 23.2 Å². The lowest BCUT2D eigenvalue weighted by Gasteiger charge is -2.14. The van der Waals surface area contributed by atoms with Gasteiger partial charge in [0, 0.05) is 10.9 Å². The largest absolute Gasteiger partial charge is 0.444 e. The first-order valence-electron chi connectivity index (χ1n) is 5.36. The Morgan fingerprint density at radius 3 is 2.42 bits per heavy atom. The molecule has 1 aromatic carbocycles. The Balaban J connectivity index is 2.19. The van der Waals surface area contributed by atoms with Crippen molar-refractivity contribution in [3.63, 3.8) is 0 Å². The van der Waals surface area contributed by atoms with E-state index in [-0.39, 0.29) is 0 Å². The molecule has 0 bridgehead atoms. The summed E-state index contributed by atoms with van der Waals surface area (Å²) in [6.07, 6.45) is -1.23. The van der Waals surface area contributed by atoms with Gasteiger partial charge in [0.2, 0.25) is 6.10 Å². The van der Waals surface area contributed by atoms with Gasteiger partial charge in [0.05, 0.1) is 5.56 Å². The van der Waals surface area contributed by atoms with Gasteiger partial charge in [-0.15, -0.1) is 0 Å². The zero-order chi connectivity index (χ0) is 13.8. The molecule has 4 nitrogen and oxygen atoms in total. The fraction of sp³-hybridized carbons (Fsp3) is 0.0769. The number of nitrogens with two attached hydrogens (primary N) is 1. The number of benzene rings is 1. The molecule has 0 fully saturated rings. The topological polar surface area (TPSA) is 69.4 Å². The van der Waals surface area contributed by atoms with Crippen molar-refractivity contribution in [1.29, 1.82) is 0 Å². The minimum absolute atomic E-state index is 0.331. The number of amides is 1. The molecular formula is C13H10FNO3S. The van der Waals surface area contributed by atoms with Gasteiger partial charge in [-0.05, 0) is 23.6 Å². The molecular weight excluding hydrogens is 269 g/mol. The normalized spacial score (nSPS) is 11.8.